The third-order valence-electron chi connectivity index (χ3n) is 2.93. The zero-order valence-corrected chi connectivity index (χ0v) is 13.3. The van der Waals surface area contributed by atoms with Gasteiger partial charge in [0, 0.05) is 6.04 Å². The summed E-state index contributed by atoms with van der Waals surface area (Å²) in [5.41, 5.74) is 1.27. The zero-order chi connectivity index (χ0) is 16.0. The minimum absolute atomic E-state index is 0.00950. The minimum Gasteiger partial charge on any atom is -0.352 e. The van der Waals surface area contributed by atoms with E-state index in [1.54, 1.807) is 0 Å². The maximum atomic E-state index is 11.2. The minimum atomic E-state index is -3.40. The Bertz CT molecular complexity index is 706. The van der Waals surface area contributed by atoms with Crippen LogP contribution < -0.4 is 10.0 Å². The summed E-state index contributed by atoms with van der Waals surface area (Å²) in [5, 5.41) is 3.14. The second-order valence-electron chi connectivity index (χ2n) is 5.08. The van der Waals surface area contributed by atoms with Crippen molar-refractivity contribution in [2.24, 2.45) is 0 Å². The van der Waals surface area contributed by atoms with Crippen LogP contribution in [0, 0.1) is 0 Å². The molecule has 22 heavy (non-hydrogen) atoms. The molecule has 8 heteroatoms. The molecule has 0 saturated carbocycles. The first kappa shape index (κ1) is 16.2. The molecule has 1 unspecified atom stereocenters. The zero-order valence-electron chi connectivity index (χ0n) is 12.5. The highest BCUT2D eigenvalue weighted by Gasteiger charge is 2.08. The van der Waals surface area contributed by atoms with Gasteiger partial charge in [0.15, 0.2) is 0 Å². The molecule has 1 aromatic carbocycles. The van der Waals surface area contributed by atoms with Gasteiger partial charge in [-0.25, -0.2) is 18.4 Å². The van der Waals surface area contributed by atoms with Crippen molar-refractivity contribution >= 4 is 21.9 Å². The molecule has 1 atom stereocenters. The summed E-state index contributed by atoms with van der Waals surface area (Å²) in [6.45, 7) is 2.02. The van der Waals surface area contributed by atoms with Crippen molar-refractivity contribution < 1.29 is 8.42 Å². The highest BCUT2D eigenvalue weighted by molar-refractivity contribution is 7.91. The summed E-state index contributed by atoms with van der Waals surface area (Å²) in [5.74, 6) is 0.358. The Kier molecular flexibility index (Phi) is 5.26. The van der Waals surface area contributed by atoms with Gasteiger partial charge in [-0.3, -0.25) is 4.72 Å². The molecule has 0 aliphatic rings. The number of hydrogen-bond acceptors (Lipinski definition) is 6. The number of aryl methyl sites for hydroxylation is 1. The fraction of sp³-hybridized carbons (Fsp3) is 0.357. The molecule has 0 amide bonds. The summed E-state index contributed by atoms with van der Waals surface area (Å²) >= 11 is 0. The van der Waals surface area contributed by atoms with Gasteiger partial charge in [-0.05, 0) is 25.3 Å². The molecule has 2 aromatic rings. The Morgan fingerprint density at radius 2 is 1.82 bits per heavy atom. The second-order valence-corrected chi connectivity index (χ2v) is 6.83. The van der Waals surface area contributed by atoms with Gasteiger partial charge >= 0.3 is 0 Å². The van der Waals surface area contributed by atoms with Crippen LogP contribution in [-0.4, -0.2) is 35.7 Å². The fourth-order valence-corrected chi connectivity index (χ4v) is 2.33. The van der Waals surface area contributed by atoms with Crippen molar-refractivity contribution in [3.05, 3.63) is 42.2 Å². The predicted molar refractivity (Wildman–Crippen MR) is 86.1 cm³/mol. The van der Waals surface area contributed by atoms with Crippen LogP contribution in [0.1, 0.15) is 18.9 Å². The van der Waals surface area contributed by atoms with Crippen molar-refractivity contribution in [1.82, 2.24) is 15.0 Å². The van der Waals surface area contributed by atoms with E-state index < -0.39 is 10.0 Å². The normalized spacial score (nSPS) is 12.6. The van der Waals surface area contributed by atoms with Crippen LogP contribution in [-0.2, 0) is 16.4 Å². The highest BCUT2D eigenvalue weighted by Crippen LogP contribution is 2.09. The third kappa shape index (κ3) is 5.65. The van der Waals surface area contributed by atoms with Crippen LogP contribution in [0.3, 0.4) is 0 Å². The molecule has 0 saturated heterocycles. The monoisotopic (exact) mass is 321 g/mol. The number of nitrogens with one attached hydrogen (secondary N) is 2. The fourth-order valence-electron chi connectivity index (χ4n) is 1.90. The molecule has 0 aliphatic heterocycles. The lowest BCUT2D eigenvalue weighted by Crippen LogP contribution is -2.19. The van der Waals surface area contributed by atoms with Crippen molar-refractivity contribution in [2.45, 2.75) is 25.8 Å². The molecule has 118 valence electrons. The lowest BCUT2D eigenvalue weighted by atomic mass is 10.1. The summed E-state index contributed by atoms with van der Waals surface area (Å²) in [6, 6.07) is 10.3. The summed E-state index contributed by atoms with van der Waals surface area (Å²) < 4.78 is 24.5. The van der Waals surface area contributed by atoms with Gasteiger partial charge in [0.2, 0.25) is 21.9 Å². The van der Waals surface area contributed by atoms with Gasteiger partial charge in [-0.1, -0.05) is 30.3 Å². The van der Waals surface area contributed by atoms with Gasteiger partial charge in [0.25, 0.3) is 0 Å². The number of hydrogen-bond donors (Lipinski definition) is 2. The molecular weight excluding hydrogens is 302 g/mol. The predicted octanol–water partition coefficient (Wildman–Crippen LogP) is 1.68. The first-order valence-corrected chi connectivity index (χ1v) is 8.79. The SMILES string of the molecule is CC(CCc1ccccc1)Nc1ncnc(NS(C)(=O)=O)n1. The molecule has 0 spiro atoms. The number of anilines is 2. The molecule has 0 radical (unpaired) electrons. The van der Waals surface area contributed by atoms with E-state index in [9.17, 15) is 8.42 Å². The Labute approximate surface area is 130 Å². The van der Waals surface area contributed by atoms with E-state index in [0.717, 1.165) is 19.1 Å². The summed E-state index contributed by atoms with van der Waals surface area (Å²) in [7, 11) is -3.40. The Balaban J connectivity index is 1.91. The maximum Gasteiger partial charge on any atom is 0.241 e. The molecule has 1 aromatic heterocycles. The Hall–Kier alpha value is -2.22. The van der Waals surface area contributed by atoms with Crippen molar-refractivity contribution in [2.75, 3.05) is 16.3 Å². The van der Waals surface area contributed by atoms with Gasteiger partial charge in [-0.2, -0.15) is 4.98 Å². The van der Waals surface area contributed by atoms with Gasteiger partial charge in [0.1, 0.15) is 6.33 Å². The number of nitrogens with zero attached hydrogens (tertiary/aromatic N) is 3. The van der Waals surface area contributed by atoms with E-state index in [-0.39, 0.29) is 12.0 Å². The van der Waals surface area contributed by atoms with Crippen molar-refractivity contribution in [3.63, 3.8) is 0 Å². The van der Waals surface area contributed by atoms with Crippen molar-refractivity contribution in [1.29, 1.82) is 0 Å². The van der Waals surface area contributed by atoms with Crippen LogP contribution in [0.15, 0.2) is 36.7 Å². The Morgan fingerprint density at radius 1 is 1.14 bits per heavy atom. The standard InChI is InChI=1S/C14H19N5O2S/c1-11(8-9-12-6-4-3-5-7-12)17-13-15-10-16-14(18-13)19-22(2,20)21/h3-7,10-11H,8-9H2,1-2H3,(H2,15,16,17,18,19). The van der Waals surface area contributed by atoms with Gasteiger partial charge in [0.05, 0.1) is 6.26 Å². The number of aromatic nitrogens is 3. The quantitative estimate of drug-likeness (QED) is 0.805. The lowest BCUT2D eigenvalue weighted by Gasteiger charge is -2.14. The molecule has 0 bridgehead atoms. The number of rotatable bonds is 7. The Morgan fingerprint density at radius 3 is 2.50 bits per heavy atom. The van der Waals surface area contributed by atoms with E-state index in [1.165, 1.54) is 11.9 Å². The second kappa shape index (κ2) is 7.17. The summed E-state index contributed by atoms with van der Waals surface area (Å²) in [4.78, 5) is 11.8. The first-order valence-electron chi connectivity index (χ1n) is 6.90. The van der Waals surface area contributed by atoms with E-state index in [0.29, 0.717) is 5.95 Å². The topological polar surface area (TPSA) is 96.9 Å². The van der Waals surface area contributed by atoms with E-state index in [4.69, 9.17) is 0 Å². The highest BCUT2D eigenvalue weighted by atomic mass is 32.2. The largest absolute Gasteiger partial charge is 0.352 e. The lowest BCUT2D eigenvalue weighted by molar-refractivity contribution is 0.606. The van der Waals surface area contributed by atoms with E-state index in [2.05, 4.69) is 37.1 Å². The van der Waals surface area contributed by atoms with Crippen LogP contribution >= 0.6 is 0 Å². The van der Waals surface area contributed by atoms with Crippen LogP contribution in [0.25, 0.3) is 0 Å². The molecule has 2 rings (SSSR count). The molecule has 1 heterocycles. The number of benzene rings is 1. The molecule has 2 N–H and O–H groups in total. The van der Waals surface area contributed by atoms with Crippen LogP contribution in [0.5, 0.6) is 0 Å². The average Bonchev–Trinajstić information content (AvgIpc) is 2.45. The molecule has 0 fully saturated rings. The van der Waals surface area contributed by atoms with Crippen LogP contribution in [0.2, 0.25) is 0 Å². The van der Waals surface area contributed by atoms with E-state index in [1.807, 2.05) is 25.1 Å². The van der Waals surface area contributed by atoms with Crippen molar-refractivity contribution in [3.8, 4) is 0 Å². The van der Waals surface area contributed by atoms with Crippen LogP contribution in [0.4, 0.5) is 11.9 Å². The maximum absolute atomic E-state index is 11.2. The average molecular weight is 321 g/mol. The molecule has 7 nitrogen and oxygen atoms in total. The molecular formula is C14H19N5O2S. The first-order chi connectivity index (χ1) is 10.4. The summed E-state index contributed by atoms with van der Waals surface area (Å²) in [6.07, 6.45) is 4.16. The smallest absolute Gasteiger partial charge is 0.241 e. The van der Waals surface area contributed by atoms with Gasteiger partial charge < -0.3 is 5.32 Å². The van der Waals surface area contributed by atoms with E-state index >= 15 is 0 Å². The molecule has 0 aliphatic carbocycles. The third-order valence-corrected chi connectivity index (χ3v) is 3.49. The van der Waals surface area contributed by atoms with Gasteiger partial charge in [-0.15, -0.1) is 0 Å². The number of sulfonamides is 1.